The number of aliphatic imine (C=N–C) groups is 1. The largest absolute Gasteiger partial charge is 0.361 e. The first-order valence-corrected chi connectivity index (χ1v) is 12.5. The number of aryl methyl sites for hydroxylation is 1. The minimum atomic E-state index is -0.213. The molecule has 0 bridgehead atoms. The van der Waals surface area contributed by atoms with Crippen molar-refractivity contribution in [2.45, 2.75) is 32.6 Å². The molecule has 1 saturated carbocycles. The molecule has 0 unspecified atom stereocenters. The Balaban J connectivity index is 1.26. The Morgan fingerprint density at radius 2 is 2.18 bits per heavy atom. The summed E-state index contributed by atoms with van der Waals surface area (Å²) in [5, 5.41) is 1.99. The van der Waals surface area contributed by atoms with Gasteiger partial charge in [-0.15, -0.1) is 11.3 Å². The summed E-state index contributed by atoms with van der Waals surface area (Å²) in [6, 6.07) is 8.25. The molecule has 0 saturated heterocycles. The molecular formula is C27H25FN4OS. The Bertz CT molecular complexity index is 1420. The van der Waals surface area contributed by atoms with E-state index in [0.29, 0.717) is 31.0 Å². The first-order valence-electron chi connectivity index (χ1n) is 11.7. The molecule has 7 heteroatoms. The average Bonchev–Trinajstić information content (AvgIpc) is 3.20. The number of amides is 1. The van der Waals surface area contributed by atoms with Crippen molar-refractivity contribution in [3.8, 4) is 10.4 Å². The molecule has 2 aliphatic carbocycles. The van der Waals surface area contributed by atoms with Gasteiger partial charge in [0.1, 0.15) is 11.5 Å². The average molecular weight is 473 g/mol. The lowest BCUT2D eigenvalue weighted by Crippen LogP contribution is -2.34. The number of carbonyl (C=O) groups is 1. The molecule has 2 aromatic heterocycles. The first kappa shape index (κ1) is 21.2. The molecule has 172 valence electrons. The Morgan fingerprint density at radius 1 is 1.29 bits per heavy atom. The second-order valence-corrected chi connectivity index (χ2v) is 10.4. The molecule has 1 aliphatic heterocycles. The van der Waals surface area contributed by atoms with Crippen molar-refractivity contribution in [3.63, 3.8) is 0 Å². The van der Waals surface area contributed by atoms with Crippen molar-refractivity contribution in [1.82, 2.24) is 14.9 Å². The zero-order valence-corrected chi connectivity index (χ0v) is 19.8. The molecule has 0 spiro atoms. The molecule has 3 aliphatic rings. The summed E-state index contributed by atoms with van der Waals surface area (Å²) in [6.07, 6.45) is 10.4. The van der Waals surface area contributed by atoms with E-state index >= 15 is 0 Å². The van der Waals surface area contributed by atoms with Gasteiger partial charge in [-0.3, -0.25) is 9.79 Å². The second-order valence-electron chi connectivity index (χ2n) is 9.22. The van der Waals surface area contributed by atoms with Gasteiger partial charge in [0.15, 0.2) is 0 Å². The summed E-state index contributed by atoms with van der Waals surface area (Å²) in [7, 11) is 0. The van der Waals surface area contributed by atoms with E-state index in [1.165, 1.54) is 0 Å². The Kier molecular flexibility index (Phi) is 5.29. The third-order valence-electron chi connectivity index (χ3n) is 6.67. The minimum Gasteiger partial charge on any atom is -0.361 e. The quantitative estimate of drug-likeness (QED) is 0.435. The minimum absolute atomic E-state index is 0.0242. The molecule has 1 N–H and O–H groups in total. The summed E-state index contributed by atoms with van der Waals surface area (Å²) in [5.41, 5.74) is 5.40. The van der Waals surface area contributed by atoms with Crippen molar-refractivity contribution < 1.29 is 9.18 Å². The van der Waals surface area contributed by atoms with Crippen LogP contribution in [0.4, 0.5) is 4.39 Å². The number of allylic oxidation sites excluding steroid dienone is 4. The number of nitrogens with one attached hydrogen (secondary N) is 1. The zero-order chi connectivity index (χ0) is 23.2. The normalized spacial score (nSPS) is 17.2. The highest BCUT2D eigenvalue weighted by atomic mass is 32.1. The number of halogens is 1. The molecule has 1 fully saturated rings. The number of aromatic nitrogens is 2. The number of benzene rings is 1. The number of rotatable bonds is 7. The van der Waals surface area contributed by atoms with Crippen LogP contribution in [0, 0.1) is 12.8 Å². The highest BCUT2D eigenvalue weighted by Crippen LogP contribution is 2.36. The topological polar surface area (TPSA) is 61.4 Å². The number of hydrogen-bond donors (Lipinski definition) is 1. The van der Waals surface area contributed by atoms with Crippen LogP contribution in [0.2, 0.25) is 0 Å². The van der Waals surface area contributed by atoms with E-state index in [-0.39, 0.29) is 11.7 Å². The van der Waals surface area contributed by atoms with E-state index in [4.69, 9.17) is 0 Å². The monoisotopic (exact) mass is 472 g/mol. The number of carbonyl (C=O) groups excluding carboxylic acids is 1. The lowest BCUT2D eigenvalue weighted by molar-refractivity contribution is 0.0745. The fourth-order valence-corrected chi connectivity index (χ4v) is 5.57. The summed E-state index contributed by atoms with van der Waals surface area (Å²) in [6.45, 7) is 3.25. The maximum atomic E-state index is 13.8. The van der Waals surface area contributed by atoms with E-state index in [1.807, 2.05) is 42.4 Å². The number of H-pyrrole nitrogens is 1. The van der Waals surface area contributed by atoms with Crippen LogP contribution in [0.25, 0.3) is 21.3 Å². The number of aromatic amines is 1. The van der Waals surface area contributed by atoms with Crippen molar-refractivity contribution in [1.29, 1.82) is 0 Å². The van der Waals surface area contributed by atoms with Gasteiger partial charge < -0.3 is 9.88 Å². The van der Waals surface area contributed by atoms with E-state index in [0.717, 1.165) is 62.6 Å². The predicted molar refractivity (Wildman–Crippen MR) is 135 cm³/mol. The fraction of sp³-hybridized carbons (Fsp3) is 0.296. The van der Waals surface area contributed by atoms with Gasteiger partial charge in [0.25, 0.3) is 5.91 Å². The van der Waals surface area contributed by atoms with Crippen LogP contribution in [0.15, 0.2) is 70.8 Å². The summed E-state index contributed by atoms with van der Waals surface area (Å²) in [4.78, 5) is 29.0. The predicted octanol–water partition coefficient (Wildman–Crippen LogP) is 6.36. The van der Waals surface area contributed by atoms with Crippen molar-refractivity contribution in [3.05, 3.63) is 76.5 Å². The summed E-state index contributed by atoms with van der Waals surface area (Å²) >= 11 is 1.56. The molecule has 3 aromatic rings. The van der Waals surface area contributed by atoms with Gasteiger partial charge in [0.05, 0.1) is 15.6 Å². The van der Waals surface area contributed by atoms with Crippen LogP contribution in [-0.2, 0) is 0 Å². The molecule has 5 nitrogen and oxygen atoms in total. The third-order valence-corrected chi connectivity index (χ3v) is 7.69. The molecule has 0 radical (unpaired) electrons. The van der Waals surface area contributed by atoms with Gasteiger partial charge in [0.2, 0.25) is 0 Å². The molecule has 34 heavy (non-hydrogen) atoms. The Morgan fingerprint density at radius 3 is 3.03 bits per heavy atom. The van der Waals surface area contributed by atoms with Gasteiger partial charge >= 0.3 is 0 Å². The Hall–Kier alpha value is -3.32. The van der Waals surface area contributed by atoms with Crippen LogP contribution in [0.5, 0.6) is 0 Å². The van der Waals surface area contributed by atoms with E-state index in [2.05, 4.69) is 21.0 Å². The number of nitrogens with zero attached hydrogens (tertiary/aromatic N) is 3. The van der Waals surface area contributed by atoms with Gasteiger partial charge in [-0.1, -0.05) is 6.07 Å². The highest BCUT2D eigenvalue weighted by molar-refractivity contribution is 7.15. The maximum Gasteiger partial charge on any atom is 0.274 e. The SMILES string of the molecule is Cc1nc(C(=O)N(CCC2=CN=C3CC=C(F)C=C23)CC2CC2)c(-c2ccc3[nH]ccc3c2)s1. The molecule has 1 aromatic carbocycles. The summed E-state index contributed by atoms with van der Waals surface area (Å²) < 4.78 is 13.8. The lowest BCUT2D eigenvalue weighted by atomic mass is 9.95. The zero-order valence-electron chi connectivity index (χ0n) is 19.0. The standard InChI is InChI=1S/C27H25FN4OS/c1-16-31-25(26(34-16)19-4-6-23-18(12-19)8-10-29-23)27(33)32(15-17-2-3-17)11-9-20-14-30-24-7-5-21(28)13-22(20)24/h4-6,8,10,12-14,17,29H,2-3,7,9,11,15H2,1H3. The van der Waals surface area contributed by atoms with Gasteiger partial charge in [0, 0.05) is 43.0 Å². The van der Waals surface area contributed by atoms with Crippen molar-refractivity contribution in [2.75, 3.05) is 13.1 Å². The van der Waals surface area contributed by atoms with E-state index in [1.54, 1.807) is 23.5 Å². The third kappa shape index (κ3) is 4.05. The van der Waals surface area contributed by atoms with Crippen LogP contribution in [0.1, 0.15) is 41.2 Å². The molecule has 1 amide bonds. The molecule has 6 rings (SSSR count). The lowest BCUT2D eigenvalue weighted by Gasteiger charge is -2.23. The van der Waals surface area contributed by atoms with Crippen molar-refractivity contribution in [2.24, 2.45) is 10.9 Å². The van der Waals surface area contributed by atoms with E-state index in [9.17, 15) is 9.18 Å². The second kappa shape index (κ2) is 8.47. The smallest absolute Gasteiger partial charge is 0.274 e. The fourth-order valence-electron chi connectivity index (χ4n) is 4.66. The van der Waals surface area contributed by atoms with Crippen LogP contribution >= 0.6 is 11.3 Å². The first-order chi connectivity index (χ1) is 16.5. The molecule has 0 atom stereocenters. The number of thiazole rings is 1. The van der Waals surface area contributed by atoms with Gasteiger partial charge in [-0.05, 0) is 79.0 Å². The van der Waals surface area contributed by atoms with Crippen LogP contribution < -0.4 is 0 Å². The Labute approximate surface area is 201 Å². The van der Waals surface area contributed by atoms with E-state index < -0.39 is 0 Å². The molecule has 3 heterocycles. The van der Waals surface area contributed by atoms with Crippen LogP contribution in [-0.4, -0.2) is 39.6 Å². The van der Waals surface area contributed by atoms with Gasteiger partial charge in [-0.2, -0.15) is 0 Å². The maximum absolute atomic E-state index is 13.8. The molecular weight excluding hydrogens is 447 g/mol. The van der Waals surface area contributed by atoms with Crippen molar-refractivity contribution >= 4 is 33.9 Å². The van der Waals surface area contributed by atoms with Crippen LogP contribution in [0.3, 0.4) is 0 Å². The summed E-state index contributed by atoms with van der Waals surface area (Å²) in [5.74, 6) is 0.320. The number of fused-ring (bicyclic) bond motifs is 2. The number of hydrogen-bond acceptors (Lipinski definition) is 4. The highest BCUT2D eigenvalue weighted by Gasteiger charge is 2.31. The van der Waals surface area contributed by atoms with Gasteiger partial charge in [-0.25, -0.2) is 9.37 Å².